The maximum atomic E-state index is 13.5. The maximum absolute atomic E-state index is 13.5. The molecule has 5 rings (SSSR count). The summed E-state index contributed by atoms with van der Waals surface area (Å²) in [5.74, 6) is 1.53. The van der Waals surface area contributed by atoms with E-state index in [-0.39, 0.29) is 5.78 Å². The molecule has 1 aliphatic heterocycles. The molecule has 0 bridgehead atoms. The Bertz CT molecular complexity index is 1210. The van der Waals surface area contributed by atoms with Gasteiger partial charge < -0.3 is 9.13 Å². The topological polar surface area (TPSA) is 52.7 Å². The highest BCUT2D eigenvalue weighted by Gasteiger charge is 2.23. The number of benzene rings is 2. The highest BCUT2D eigenvalue weighted by Crippen LogP contribution is 2.34. The summed E-state index contributed by atoms with van der Waals surface area (Å²) in [7, 11) is 2.03. The molecule has 0 unspecified atom stereocenters. The van der Waals surface area contributed by atoms with Gasteiger partial charge in [0.25, 0.3) is 0 Å². The number of thioether (sulfide) groups is 1. The van der Waals surface area contributed by atoms with Crippen molar-refractivity contribution in [3.63, 3.8) is 0 Å². The number of rotatable bonds is 5. The number of carbonyl (C=O) groups is 1. The smallest absolute Gasteiger partial charge is 0.191 e. The lowest BCUT2D eigenvalue weighted by Crippen LogP contribution is -2.07. The van der Waals surface area contributed by atoms with Crippen molar-refractivity contribution in [2.24, 2.45) is 7.05 Å². The van der Waals surface area contributed by atoms with Crippen molar-refractivity contribution in [2.45, 2.75) is 37.4 Å². The van der Waals surface area contributed by atoms with Crippen molar-refractivity contribution < 1.29 is 4.79 Å². The normalized spacial score (nSPS) is 13.9. The van der Waals surface area contributed by atoms with E-state index in [2.05, 4.69) is 37.5 Å². The van der Waals surface area contributed by atoms with Crippen LogP contribution in [0.5, 0.6) is 0 Å². The Hall–Kier alpha value is -2.86. The molecule has 0 fully saturated rings. The van der Waals surface area contributed by atoms with E-state index in [1.807, 2.05) is 43.4 Å². The summed E-state index contributed by atoms with van der Waals surface area (Å²) in [4.78, 5) is 13.5. The second-order valence-corrected chi connectivity index (χ2v) is 8.68. The molecule has 0 spiro atoms. The van der Waals surface area contributed by atoms with Gasteiger partial charge >= 0.3 is 0 Å². The van der Waals surface area contributed by atoms with Gasteiger partial charge in [0.05, 0.1) is 17.0 Å². The minimum atomic E-state index is 0.127. The Labute approximate surface area is 180 Å². The van der Waals surface area contributed by atoms with Crippen molar-refractivity contribution in [3.8, 4) is 11.3 Å². The molecule has 2 aromatic carbocycles. The number of aryl methyl sites for hydroxylation is 2. The van der Waals surface area contributed by atoms with Gasteiger partial charge in [-0.15, -0.1) is 10.2 Å². The number of carbonyl (C=O) groups excluding carboxylic acids is 1. The molecule has 4 aromatic rings. The van der Waals surface area contributed by atoms with E-state index in [1.165, 1.54) is 18.2 Å². The fourth-order valence-corrected chi connectivity index (χ4v) is 5.23. The van der Waals surface area contributed by atoms with E-state index in [0.717, 1.165) is 64.5 Å². The lowest BCUT2D eigenvalue weighted by molar-refractivity contribution is 0.102. The Morgan fingerprint density at radius 3 is 2.67 bits per heavy atom. The molecule has 0 aliphatic carbocycles. The quantitative estimate of drug-likeness (QED) is 0.334. The average Bonchev–Trinajstić information content (AvgIpc) is 3.20. The first-order valence-corrected chi connectivity index (χ1v) is 11.4. The lowest BCUT2D eigenvalue weighted by atomic mass is 10.0. The molecular weight excluding hydrogens is 392 g/mol. The predicted molar refractivity (Wildman–Crippen MR) is 121 cm³/mol. The molecule has 0 N–H and O–H groups in total. The van der Waals surface area contributed by atoms with Crippen LogP contribution in [0.15, 0.2) is 59.8 Å². The Kier molecular flexibility index (Phi) is 5.17. The zero-order valence-corrected chi connectivity index (χ0v) is 17.9. The van der Waals surface area contributed by atoms with Crippen LogP contribution in [-0.2, 0) is 20.0 Å². The Morgan fingerprint density at radius 1 is 1.00 bits per heavy atom. The van der Waals surface area contributed by atoms with Crippen molar-refractivity contribution in [1.29, 1.82) is 0 Å². The van der Waals surface area contributed by atoms with Gasteiger partial charge in [-0.2, -0.15) is 0 Å². The molecule has 30 heavy (non-hydrogen) atoms. The average molecular weight is 417 g/mol. The van der Waals surface area contributed by atoms with Crippen LogP contribution >= 0.6 is 11.8 Å². The molecule has 0 radical (unpaired) electrons. The number of hydrogen-bond acceptors (Lipinski definition) is 4. The number of para-hydroxylation sites is 1. The number of ketones is 1. The Balaban J connectivity index is 1.50. The van der Waals surface area contributed by atoms with E-state index < -0.39 is 0 Å². The third-order valence-electron chi connectivity index (χ3n) is 5.84. The molecular formula is C24H24N4OS. The van der Waals surface area contributed by atoms with Crippen LogP contribution in [-0.4, -0.2) is 30.9 Å². The summed E-state index contributed by atoms with van der Waals surface area (Å²) in [6.07, 6.45) is 4.51. The molecule has 6 heteroatoms. The van der Waals surface area contributed by atoms with E-state index in [4.69, 9.17) is 0 Å². The van der Waals surface area contributed by atoms with Crippen molar-refractivity contribution in [3.05, 3.63) is 66.0 Å². The number of hydrogen-bond donors (Lipinski definition) is 0. The highest BCUT2D eigenvalue weighted by atomic mass is 32.2. The molecule has 2 aromatic heterocycles. The van der Waals surface area contributed by atoms with Crippen LogP contribution < -0.4 is 0 Å². The van der Waals surface area contributed by atoms with Crippen LogP contribution in [0.4, 0.5) is 0 Å². The van der Waals surface area contributed by atoms with Crippen molar-refractivity contribution in [1.82, 2.24) is 19.3 Å². The van der Waals surface area contributed by atoms with Crippen molar-refractivity contribution in [2.75, 3.05) is 5.75 Å². The third-order valence-corrected chi connectivity index (χ3v) is 6.81. The SMILES string of the molecule is Cn1c(-c2ccccc2)c(C(=O)CSc2nnc3n2CCCCC3)c2ccccc21. The van der Waals surface area contributed by atoms with Crippen LogP contribution in [0, 0.1) is 0 Å². The fourth-order valence-electron chi connectivity index (χ4n) is 4.38. The molecule has 0 saturated carbocycles. The van der Waals surface area contributed by atoms with Gasteiger partial charge in [0.15, 0.2) is 10.9 Å². The van der Waals surface area contributed by atoms with Gasteiger partial charge in [-0.25, -0.2) is 0 Å². The summed E-state index contributed by atoms with van der Waals surface area (Å²) in [5, 5.41) is 10.6. The first kappa shape index (κ1) is 19.1. The van der Waals surface area contributed by atoms with Crippen LogP contribution in [0.1, 0.15) is 35.4 Å². The first-order chi connectivity index (χ1) is 14.7. The summed E-state index contributed by atoms with van der Waals surface area (Å²) in [6.45, 7) is 0.947. The van der Waals surface area contributed by atoms with Crippen LogP contribution in [0.25, 0.3) is 22.2 Å². The predicted octanol–water partition coefficient (Wildman–Crippen LogP) is 5.14. The van der Waals surface area contributed by atoms with Gasteiger partial charge in [0, 0.05) is 30.9 Å². The lowest BCUT2D eigenvalue weighted by Gasteiger charge is -2.09. The number of nitrogens with zero attached hydrogens (tertiary/aromatic N) is 4. The fraction of sp³-hybridized carbons (Fsp3) is 0.292. The number of Topliss-reactive ketones (excluding diaryl/α,β-unsaturated/α-hetero) is 1. The molecule has 0 amide bonds. The monoisotopic (exact) mass is 416 g/mol. The summed E-state index contributed by atoms with van der Waals surface area (Å²) in [6, 6.07) is 18.3. The zero-order valence-electron chi connectivity index (χ0n) is 17.0. The largest absolute Gasteiger partial charge is 0.343 e. The minimum absolute atomic E-state index is 0.127. The van der Waals surface area contributed by atoms with Crippen LogP contribution in [0.3, 0.4) is 0 Å². The van der Waals surface area contributed by atoms with Gasteiger partial charge in [-0.3, -0.25) is 4.79 Å². The molecule has 152 valence electrons. The van der Waals surface area contributed by atoms with Gasteiger partial charge in [0.1, 0.15) is 5.82 Å². The standard InChI is InChI=1S/C24H24N4OS/c1-27-19-13-8-7-12-18(19)22(23(27)17-10-4-2-5-11-17)20(29)16-30-24-26-25-21-14-6-3-9-15-28(21)24/h2,4-5,7-8,10-13H,3,6,9,14-16H2,1H3. The maximum Gasteiger partial charge on any atom is 0.191 e. The van der Waals surface area contributed by atoms with E-state index in [0.29, 0.717) is 5.75 Å². The number of fused-ring (bicyclic) bond motifs is 2. The van der Waals surface area contributed by atoms with Crippen LogP contribution in [0.2, 0.25) is 0 Å². The molecule has 0 atom stereocenters. The summed E-state index contributed by atoms with van der Waals surface area (Å²) < 4.78 is 4.33. The van der Waals surface area contributed by atoms with Crippen molar-refractivity contribution >= 4 is 28.4 Å². The zero-order chi connectivity index (χ0) is 20.5. The van der Waals surface area contributed by atoms with E-state index in [9.17, 15) is 4.79 Å². The molecule has 0 saturated heterocycles. The summed E-state index contributed by atoms with van der Waals surface area (Å²) in [5.41, 5.74) is 3.90. The molecule has 3 heterocycles. The van der Waals surface area contributed by atoms with E-state index >= 15 is 0 Å². The second kappa shape index (κ2) is 8.11. The van der Waals surface area contributed by atoms with Gasteiger partial charge in [-0.1, -0.05) is 66.7 Å². The minimum Gasteiger partial charge on any atom is -0.343 e. The Morgan fingerprint density at radius 2 is 1.80 bits per heavy atom. The molecule has 1 aliphatic rings. The highest BCUT2D eigenvalue weighted by molar-refractivity contribution is 7.99. The molecule has 5 nitrogen and oxygen atoms in total. The third kappa shape index (κ3) is 3.35. The second-order valence-electron chi connectivity index (χ2n) is 7.74. The summed E-state index contributed by atoms with van der Waals surface area (Å²) >= 11 is 1.51. The number of aromatic nitrogens is 4. The van der Waals surface area contributed by atoms with E-state index in [1.54, 1.807) is 0 Å². The van der Waals surface area contributed by atoms with Gasteiger partial charge in [0.2, 0.25) is 0 Å². The first-order valence-electron chi connectivity index (χ1n) is 10.4. The van der Waals surface area contributed by atoms with Gasteiger partial charge in [-0.05, 0) is 24.5 Å².